The minimum Gasteiger partial charge on any atom is -0.508 e. The number of phenolic OH excluding ortho intramolecular Hbond substituents is 1. The van der Waals surface area contributed by atoms with Crippen molar-refractivity contribution in [2.45, 2.75) is 13.0 Å². The first-order valence-electron chi connectivity index (χ1n) is 6.21. The third kappa shape index (κ3) is 3.85. The van der Waals surface area contributed by atoms with Gasteiger partial charge in [-0.25, -0.2) is 0 Å². The molecule has 0 saturated carbocycles. The van der Waals surface area contributed by atoms with Crippen molar-refractivity contribution in [2.24, 2.45) is 0 Å². The van der Waals surface area contributed by atoms with Crippen molar-refractivity contribution in [3.05, 3.63) is 65.7 Å². The van der Waals surface area contributed by atoms with Gasteiger partial charge >= 0.3 is 0 Å². The molecule has 0 aliphatic heterocycles. The summed E-state index contributed by atoms with van der Waals surface area (Å²) in [6.45, 7) is 0.596. The molecule has 0 radical (unpaired) electrons. The van der Waals surface area contributed by atoms with Crippen molar-refractivity contribution < 1.29 is 9.90 Å². The lowest BCUT2D eigenvalue weighted by Crippen LogP contribution is -2.27. The summed E-state index contributed by atoms with van der Waals surface area (Å²) in [6.07, 6.45) is 0.303. The summed E-state index contributed by atoms with van der Waals surface area (Å²) in [6, 6.07) is 16.7. The number of likely N-dealkylation sites (N-methyl/N-ethyl adjacent to an activating group) is 1. The molecule has 0 aliphatic rings. The first-order valence-corrected chi connectivity index (χ1v) is 6.21. The number of carbonyl (C=O) groups excluding carboxylic acids is 1. The number of phenols is 1. The van der Waals surface area contributed by atoms with Gasteiger partial charge in [0.15, 0.2) is 0 Å². The summed E-state index contributed by atoms with van der Waals surface area (Å²) in [7, 11) is 1.79. The SMILES string of the molecule is CN(Cc1ccccc1)C(=O)Cc1cccc(O)c1. The Morgan fingerprint density at radius 3 is 2.42 bits per heavy atom. The molecule has 0 fully saturated rings. The molecular formula is C16H17NO2. The van der Waals surface area contributed by atoms with Crippen LogP contribution in [-0.4, -0.2) is 23.0 Å². The zero-order chi connectivity index (χ0) is 13.7. The Morgan fingerprint density at radius 2 is 1.74 bits per heavy atom. The van der Waals surface area contributed by atoms with Crippen LogP contribution in [0.5, 0.6) is 5.75 Å². The predicted octanol–water partition coefficient (Wildman–Crippen LogP) is 2.59. The number of hydrogen-bond donors (Lipinski definition) is 1. The smallest absolute Gasteiger partial charge is 0.227 e. The Bertz CT molecular complexity index is 552. The molecule has 0 bridgehead atoms. The van der Waals surface area contributed by atoms with Crippen LogP contribution in [-0.2, 0) is 17.8 Å². The van der Waals surface area contributed by atoms with E-state index < -0.39 is 0 Å². The topological polar surface area (TPSA) is 40.5 Å². The minimum atomic E-state index is 0.0365. The van der Waals surface area contributed by atoms with E-state index in [-0.39, 0.29) is 11.7 Å². The van der Waals surface area contributed by atoms with Crippen LogP contribution >= 0.6 is 0 Å². The summed E-state index contributed by atoms with van der Waals surface area (Å²) >= 11 is 0. The van der Waals surface area contributed by atoms with E-state index in [4.69, 9.17) is 0 Å². The lowest BCUT2D eigenvalue weighted by Gasteiger charge is -2.17. The zero-order valence-electron chi connectivity index (χ0n) is 10.9. The normalized spacial score (nSPS) is 10.2. The van der Waals surface area contributed by atoms with Gasteiger partial charge in [0.1, 0.15) is 5.75 Å². The fourth-order valence-electron chi connectivity index (χ4n) is 1.92. The van der Waals surface area contributed by atoms with Crippen molar-refractivity contribution in [3.8, 4) is 5.75 Å². The molecule has 2 aromatic carbocycles. The van der Waals surface area contributed by atoms with Crippen LogP contribution in [0.3, 0.4) is 0 Å². The highest BCUT2D eigenvalue weighted by molar-refractivity contribution is 5.78. The molecule has 0 unspecified atom stereocenters. The number of amides is 1. The summed E-state index contributed by atoms with van der Waals surface area (Å²) in [5.74, 6) is 0.227. The van der Waals surface area contributed by atoms with Crippen molar-refractivity contribution in [2.75, 3.05) is 7.05 Å². The van der Waals surface area contributed by atoms with Gasteiger partial charge in [0.25, 0.3) is 0 Å². The summed E-state index contributed by atoms with van der Waals surface area (Å²) in [5.41, 5.74) is 1.93. The van der Waals surface area contributed by atoms with E-state index in [2.05, 4.69) is 0 Å². The lowest BCUT2D eigenvalue weighted by atomic mass is 10.1. The zero-order valence-corrected chi connectivity index (χ0v) is 10.9. The number of aromatic hydroxyl groups is 1. The van der Waals surface area contributed by atoms with Crippen LogP contribution in [0.4, 0.5) is 0 Å². The number of hydrogen-bond acceptors (Lipinski definition) is 2. The van der Waals surface area contributed by atoms with E-state index in [1.807, 2.05) is 36.4 Å². The molecule has 19 heavy (non-hydrogen) atoms. The Labute approximate surface area is 113 Å². The van der Waals surface area contributed by atoms with Gasteiger partial charge < -0.3 is 10.0 Å². The predicted molar refractivity (Wildman–Crippen MR) is 74.7 cm³/mol. The maximum absolute atomic E-state index is 12.1. The monoisotopic (exact) mass is 255 g/mol. The van der Waals surface area contributed by atoms with Gasteiger partial charge in [-0.05, 0) is 23.3 Å². The standard InChI is InChI=1S/C16H17NO2/c1-17(12-13-6-3-2-4-7-13)16(19)11-14-8-5-9-15(18)10-14/h2-10,18H,11-12H2,1H3. The van der Waals surface area contributed by atoms with Gasteiger partial charge in [-0.15, -0.1) is 0 Å². The Hall–Kier alpha value is -2.29. The first kappa shape index (κ1) is 13.1. The van der Waals surface area contributed by atoms with Crippen molar-refractivity contribution in [3.63, 3.8) is 0 Å². The molecule has 3 heteroatoms. The van der Waals surface area contributed by atoms with Gasteiger partial charge in [0.2, 0.25) is 5.91 Å². The molecule has 0 heterocycles. The largest absolute Gasteiger partial charge is 0.508 e. The molecule has 98 valence electrons. The summed E-state index contributed by atoms with van der Waals surface area (Å²) in [4.78, 5) is 13.8. The summed E-state index contributed by atoms with van der Waals surface area (Å²) in [5, 5.41) is 9.37. The molecule has 0 saturated heterocycles. The lowest BCUT2D eigenvalue weighted by molar-refractivity contribution is -0.129. The fourth-order valence-corrected chi connectivity index (χ4v) is 1.92. The second-order valence-electron chi connectivity index (χ2n) is 4.58. The third-order valence-electron chi connectivity index (χ3n) is 2.95. The molecule has 0 aliphatic carbocycles. The van der Waals surface area contributed by atoms with Gasteiger partial charge in [-0.2, -0.15) is 0 Å². The Balaban J connectivity index is 1.96. The maximum atomic E-state index is 12.1. The highest BCUT2D eigenvalue weighted by atomic mass is 16.3. The van der Waals surface area contributed by atoms with Crippen LogP contribution in [0.2, 0.25) is 0 Å². The number of rotatable bonds is 4. The van der Waals surface area contributed by atoms with E-state index in [0.29, 0.717) is 13.0 Å². The summed E-state index contributed by atoms with van der Waals surface area (Å²) < 4.78 is 0. The van der Waals surface area contributed by atoms with Gasteiger partial charge in [0.05, 0.1) is 6.42 Å². The highest BCUT2D eigenvalue weighted by Gasteiger charge is 2.10. The van der Waals surface area contributed by atoms with Gasteiger partial charge in [0, 0.05) is 13.6 Å². The molecule has 0 aromatic heterocycles. The van der Waals surface area contributed by atoms with Crippen LogP contribution in [0, 0.1) is 0 Å². The Morgan fingerprint density at radius 1 is 1.05 bits per heavy atom. The van der Waals surface area contributed by atoms with Crippen LogP contribution < -0.4 is 0 Å². The van der Waals surface area contributed by atoms with Gasteiger partial charge in [-0.3, -0.25) is 4.79 Å². The second kappa shape index (κ2) is 6.05. The molecule has 2 aromatic rings. The maximum Gasteiger partial charge on any atom is 0.227 e. The Kier molecular flexibility index (Phi) is 4.18. The second-order valence-corrected chi connectivity index (χ2v) is 4.58. The van der Waals surface area contributed by atoms with Crippen LogP contribution in [0.1, 0.15) is 11.1 Å². The molecule has 1 amide bonds. The average Bonchev–Trinajstić information content (AvgIpc) is 2.40. The van der Waals surface area contributed by atoms with E-state index in [9.17, 15) is 9.90 Å². The average molecular weight is 255 g/mol. The van der Waals surface area contributed by atoms with Crippen molar-refractivity contribution >= 4 is 5.91 Å². The minimum absolute atomic E-state index is 0.0365. The fraction of sp³-hybridized carbons (Fsp3) is 0.188. The quantitative estimate of drug-likeness (QED) is 0.912. The van der Waals surface area contributed by atoms with E-state index in [1.54, 1.807) is 30.1 Å². The van der Waals surface area contributed by atoms with Crippen molar-refractivity contribution in [1.29, 1.82) is 0 Å². The van der Waals surface area contributed by atoms with Crippen LogP contribution in [0.15, 0.2) is 54.6 Å². The molecular weight excluding hydrogens is 238 g/mol. The van der Waals surface area contributed by atoms with E-state index in [0.717, 1.165) is 11.1 Å². The highest BCUT2D eigenvalue weighted by Crippen LogP contribution is 2.12. The number of carbonyl (C=O) groups is 1. The van der Waals surface area contributed by atoms with Gasteiger partial charge in [-0.1, -0.05) is 42.5 Å². The molecule has 0 atom stereocenters. The molecule has 2 rings (SSSR count). The number of nitrogens with zero attached hydrogens (tertiary/aromatic N) is 1. The molecule has 3 nitrogen and oxygen atoms in total. The molecule has 0 spiro atoms. The first-order chi connectivity index (χ1) is 9.15. The van der Waals surface area contributed by atoms with E-state index >= 15 is 0 Å². The van der Waals surface area contributed by atoms with Crippen LogP contribution in [0.25, 0.3) is 0 Å². The van der Waals surface area contributed by atoms with Crippen molar-refractivity contribution in [1.82, 2.24) is 4.90 Å². The number of benzene rings is 2. The third-order valence-corrected chi connectivity index (χ3v) is 2.95. The molecule has 1 N–H and O–H groups in total. The van der Waals surface area contributed by atoms with E-state index in [1.165, 1.54) is 0 Å².